The summed E-state index contributed by atoms with van der Waals surface area (Å²) in [6.45, 7) is 5.33. The monoisotopic (exact) mass is 179 g/mol. The quantitative estimate of drug-likeness (QED) is 0.696. The number of nitrogens with zero attached hydrogens (tertiary/aromatic N) is 3. The Morgan fingerprint density at radius 1 is 1.46 bits per heavy atom. The van der Waals surface area contributed by atoms with Crippen molar-refractivity contribution >= 4 is 0 Å². The molecule has 0 amide bonds. The van der Waals surface area contributed by atoms with E-state index in [0.717, 1.165) is 12.4 Å². The predicted molar refractivity (Wildman–Crippen MR) is 51.3 cm³/mol. The maximum absolute atomic E-state index is 4.32. The lowest BCUT2D eigenvalue weighted by Gasteiger charge is -2.22. The topological polar surface area (TPSA) is 30.7 Å². The number of rotatable bonds is 2. The Bertz CT molecular complexity index is 284. The van der Waals surface area contributed by atoms with E-state index in [4.69, 9.17) is 0 Å². The predicted octanol–water partition coefficient (Wildman–Crippen LogP) is 2.17. The first kappa shape index (κ1) is 8.73. The van der Waals surface area contributed by atoms with Gasteiger partial charge in [-0.3, -0.25) is 4.68 Å². The van der Waals surface area contributed by atoms with E-state index in [1.807, 2.05) is 17.9 Å². The van der Waals surface area contributed by atoms with E-state index >= 15 is 0 Å². The average molecular weight is 179 g/mol. The lowest BCUT2D eigenvalue weighted by molar-refractivity contribution is 0.267. The molecule has 3 heteroatoms. The fourth-order valence-electron chi connectivity index (χ4n) is 2.24. The summed E-state index contributed by atoms with van der Waals surface area (Å²) in [5, 5.41) is 4.32. The summed E-state index contributed by atoms with van der Waals surface area (Å²) in [4.78, 5) is 4.14. The summed E-state index contributed by atoms with van der Waals surface area (Å²) < 4.78 is 1.99. The molecule has 0 aromatic carbocycles. The van der Waals surface area contributed by atoms with Crippen molar-refractivity contribution in [2.24, 2.45) is 5.41 Å². The van der Waals surface area contributed by atoms with Gasteiger partial charge in [-0.2, -0.15) is 5.10 Å². The van der Waals surface area contributed by atoms with E-state index in [1.54, 1.807) is 0 Å². The molecule has 1 aromatic heterocycles. The second kappa shape index (κ2) is 3.13. The van der Waals surface area contributed by atoms with Crippen molar-refractivity contribution in [2.75, 3.05) is 0 Å². The normalized spacial score (nSPS) is 20.8. The lowest BCUT2D eigenvalue weighted by atomic mass is 9.89. The minimum Gasteiger partial charge on any atom is -0.252 e. The molecule has 72 valence electrons. The van der Waals surface area contributed by atoms with Gasteiger partial charge in [-0.25, -0.2) is 4.98 Å². The van der Waals surface area contributed by atoms with E-state index in [-0.39, 0.29) is 0 Å². The zero-order valence-corrected chi connectivity index (χ0v) is 8.45. The summed E-state index contributed by atoms with van der Waals surface area (Å²) in [5.41, 5.74) is 0.472. The third-order valence-electron chi connectivity index (χ3n) is 3.01. The summed E-state index contributed by atoms with van der Waals surface area (Å²) >= 11 is 0. The van der Waals surface area contributed by atoms with Crippen LogP contribution in [0.1, 0.15) is 38.4 Å². The highest BCUT2D eigenvalue weighted by Gasteiger charge is 2.29. The Kier molecular flexibility index (Phi) is 2.10. The van der Waals surface area contributed by atoms with Gasteiger partial charge >= 0.3 is 0 Å². The molecule has 0 aliphatic heterocycles. The van der Waals surface area contributed by atoms with Gasteiger partial charge in [0.15, 0.2) is 0 Å². The first-order chi connectivity index (χ1) is 6.18. The number of aromatic nitrogens is 3. The highest BCUT2D eigenvalue weighted by molar-refractivity contribution is 4.82. The summed E-state index contributed by atoms with van der Waals surface area (Å²) in [6, 6.07) is 0. The van der Waals surface area contributed by atoms with Gasteiger partial charge in [-0.1, -0.05) is 19.8 Å². The van der Waals surface area contributed by atoms with Crippen LogP contribution in [0.15, 0.2) is 6.33 Å². The molecule has 1 aromatic rings. The molecule has 1 saturated carbocycles. The van der Waals surface area contributed by atoms with E-state index in [2.05, 4.69) is 17.0 Å². The molecule has 2 rings (SSSR count). The van der Waals surface area contributed by atoms with Crippen molar-refractivity contribution in [2.45, 2.75) is 46.1 Å². The molecule has 13 heavy (non-hydrogen) atoms. The minimum atomic E-state index is 0.472. The maximum Gasteiger partial charge on any atom is 0.147 e. The second-order valence-corrected chi connectivity index (χ2v) is 4.51. The standard InChI is InChI=1S/C10H17N3/c1-9-11-8-13(12-9)7-10(2)5-3-4-6-10/h8H,3-7H2,1-2H3. The Hall–Kier alpha value is -0.860. The molecular formula is C10H17N3. The molecule has 1 heterocycles. The lowest BCUT2D eigenvalue weighted by Crippen LogP contribution is -2.19. The van der Waals surface area contributed by atoms with Crippen LogP contribution in [0, 0.1) is 12.3 Å². The van der Waals surface area contributed by atoms with Crippen molar-refractivity contribution in [1.82, 2.24) is 14.8 Å². The van der Waals surface area contributed by atoms with Crippen molar-refractivity contribution in [3.05, 3.63) is 12.2 Å². The second-order valence-electron chi connectivity index (χ2n) is 4.51. The Morgan fingerprint density at radius 2 is 2.15 bits per heavy atom. The third-order valence-corrected chi connectivity index (χ3v) is 3.01. The van der Waals surface area contributed by atoms with E-state index in [9.17, 15) is 0 Å². The Balaban J connectivity index is 2.04. The zero-order chi connectivity index (χ0) is 9.31. The van der Waals surface area contributed by atoms with Gasteiger partial charge in [0.05, 0.1) is 0 Å². The molecule has 0 unspecified atom stereocenters. The van der Waals surface area contributed by atoms with E-state index in [1.165, 1.54) is 25.7 Å². The van der Waals surface area contributed by atoms with Gasteiger partial charge in [0.1, 0.15) is 12.2 Å². The molecular weight excluding hydrogens is 162 g/mol. The maximum atomic E-state index is 4.32. The molecule has 0 atom stereocenters. The van der Waals surface area contributed by atoms with Gasteiger partial charge in [-0.15, -0.1) is 0 Å². The number of hydrogen-bond donors (Lipinski definition) is 0. The van der Waals surface area contributed by atoms with Gasteiger partial charge in [0.25, 0.3) is 0 Å². The van der Waals surface area contributed by atoms with E-state index < -0.39 is 0 Å². The molecule has 0 spiro atoms. The summed E-state index contributed by atoms with van der Waals surface area (Å²) in [7, 11) is 0. The van der Waals surface area contributed by atoms with Crippen molar-refractivity contribution in [3.63, 3.8) is 0 Å². The van der Waals surface area contributed by atoms with Crippen molar-refractivity contribution < 1.29 is 0 Å². The van der Waals surface area contributed by atoms with Gasteiger partial charge in [-0.05, 0) is 25.2 Å². The summed E-state index contributed by atoms with van der Waals surface area (Å²) in [6.07, 6.45) is 7.28. The average Bonchev–Trinajstić information content (AvgIpc) is 2.62. The first-order valence-electron chi connectivity index (χ1n) is 5.04. The fourth-order valence-corrected chi connectivity index (χ4v) is 2.24. The molecule has 3 nitrogen and oxygen atoms in total. The fraction of sp³-hybridized carbons (Fsp3) is 0.800. The third kappa shape index (κ3) is 1.90. The van der Waals surface area contributed by atoms with Crippen LogP contribution >= 0.6 is 0 Å². The minimum absolute atomic E-state index is 0.472. The van der Waals surface area contributed by atoms with Gasteiger partial charge in [0.2, 0.25) is 0 Å². The molecule has 0 N–H and O–H groups in total. The molecule has 0 saturated heterocycles. The van der Waals surface area contributed by atoms with Crippen LogP contribution in [0.3, 0.4) is 0 Å². The van der Waals surface area contributed by atoms with Crippen LogP contribution in [0.25, 0.3) is 0 Å². The Labute approximate surface area is 79.2 Å². The first-order valence-corrected chi connectivity index (χ1v) is 5.04. The molecule has 1 aliphatic carbocycles. The molecule has 0 bridgehead atoms. The molecule has 1 aliphatic rings. The SMILES string of the molecule is Cc1ncn(CC2(C)CCCC2)n1. The smallest absolute Gasteiger partial charge is 0.147 e. The van der Waals surface area contributed by atoms with Crippen LogP contribution in [0.2, 0.25) is 0 Å². The highest BCUT2D eigenvalue weighted by atomic mass is 15.3. The van der Waals surface area contributed by atoms with E-state index in [0.29, 0.717) is 5.41 Å². The van der Waals surface area contributed by atoms with Crippen molar-refractivity contribution in [1.29, 1.82) is 0 Å². The number of aryl methyl sites for hydroxylation is 1. The van der Waals surface area contributed by atoms with Crippen LogP contribution in [-0.2, 0) is 6.54 Å². The van der Waals surface area contributed by atoms with Crippen LogP contribution < -0.4 is 0 Å². The van der Waals surface area contributed by atoms with Crippen molar-refractivity contribution in [3.8, 4) is 0 Å². The zero-order valence-electron chi connectivity index (χ0n) is 8.45. The van der Waals surface area contributed by atoms with Crippen LogP contribution in [0.4, 0.5) is 0 Å². The summed E-state index contributed by atoms with van der Waals surface area (Å²) in [5.74, 6) is 0.876. The molecule has 0 radical (unpaired) electrons. The van der Waals surface area contributed by atoms with Crippen LogP contribution in [0.5, 0.6) is 0 Å². The highest BCUT2D eigenvalue weighted by Crippen LogP contribution is 2.38. The molecule has 1 fully saturated rings. The Morgan fingerprint density at radius 3 is 2.69 bits per heavy atom. The van der Waals surface area contributed by atoms with Gasteiger partial charge < -0.3 is 0 Å². The largest absolute Gasteiger partial charge is 0.252 e. The van der Waals surface area contributed by atoms with Crippen LogP contribution in [-0.4, -0.2) is 14.8 Å². The van der Waals surface area contributed by atoms with Gasteiger partial charge in [0, 0.05) is 6.54 Å². The number of hydrogen-bond acceptors (Lipinski definition) is 2.